The molecule has 3 N–H and O–H groups in total. The molecule has 21 heavy (non-hydrogen) atoms. The lowest BCUT2D eigenvalue weighted by atomic mass is 10.4. The van der Waals surface area contributed by atoms with Crippen LogP contribution in [0.5, 0.6) is 0 Å². The molecule has 0 bridgehead atoms. The van der Waals surface area contributed by atoms with E-state index in [0.717, 1.165) is 16.3 Å². The number of thiazole rings is 1. The predicted octanol–water partition coefficient (Wildman–Crippen LogP) is 2.14. The van der Waals surface area contributed by atoms with E-state index < -0.39 is 10.0 Å². The smallest absolute Gasteiger partial charge is 0.265 e. The highest BCUT2D eigenvalue weighted by Crippen LogP contribution is 2.24. The largest absolute Gasteiger partial charge is 0.363 e. The molecular formula is C13H18N4O2S2. The van der Waals surface area contributed by atoms with E-state index in [2.05, 4.69) is 20.0 Å². The van der Waals surface area contributed by atoms with Crippen LogP contribution in [0.2, 0.25) is 0 Å². The van der Waals surface area contributed by atoms with Crippen molar-refractivity contribution in [1.29, 1.82) is 0 Å². The number of nitrogens with zero attached hydrogens (tertiary/aromatic N) is 1. The number of sulfonamides is 1. The van der Waals surface area contributed by atoms with Gasteiger partial charge in [-0.25, -0.2) is 13.4 Å². The van der Waals surface area contributed by atoms with E-state index in [1.807, 2.05) is 13.8 Å². The lowest BCUT2D eigenvalue weighted by molar-refractivity contribution is 0.601. The molecule has 1 saturated carbocycles. The van der Waals surface area contributed by atoms with Crippen molar-refractivity contribution >= 4 is 26.5 Å². The fourth-order valence-electron chi connectivity index (χ4n) is 1.91. The minimum absolute atomic E-state index is 0.237. The van der Waals surface area contributed by atoms with Gasteiger partial charge >= 0.3 is 0 Å². The highest BCUT2D eigenvalue weighted by molar-refractivity contribution is 7.93. The van der Waals surface area contributed by atoms with Gasteiger partial charge < -0.3 is 10.3 Å². The summed E-state index contributed by atoms with van der Waals surface area (Å²) in [5.41, 5.74) is 1.72. The van der Waals surface area contributed by atoms with E-state index >= 15 is 0 Å². The normalized spacial score (nSPS) is 15.3. The fraction of sp³-hybridized carbons (Fsp3) is 0.462. The van der Waals surface area contributed by atoms with Crippen molar-refractivity contribution in [2.75, 3.05) is 4.72 Å². The van der Waals surface area contributed by atoms with Crippen molar-refractivity contribution < 1.29 is 8.42 Å². The summed E-state index contributed by atoms with van der Waals surface area (Å²) in [4.78, 5) is 8.45. The number of H-pyrrole nitrogens is 1. The number of nitrogens with one attached hydrogen (secondary N) is 3. The Morgan fingerprint density at radius 1 is 1.43 bits per heavy atom. The Balaban J connectivity index is 1.71. The lowest BCUT2D eigenvalue weighted by Crippen LogP contribution is -2.15. The molecule has 0 saturated heterocycles. The first-order valence-electron chi connectivity index (χ1n) is 6.81. The second-order valence-electron chi connectivity index (χ2n) is 5.28. The van der Waals surface area contributed by atoms with E-state index in [1.165, 1.54) is 30.4 Å². The van der Waals surface area contributed by atoms with Crippen molar-refractivity contribution in [2.24, 2.45) is 0 Å². The molecule has 0 aliphatic heterocycles. The molecule has 1 aliphatic carbocycles. The van der Waals surface area contributed by atoms with Gasteiger partial charge in [-0.2, -0.15) is 0 Å². The van der Waals surface area contributed by atoms with Crippen LogP contribution < -0.4 is 10.0 Å². The zero-order chi connectivity index (χ0) is 15.0. The van der Waals surface area contributed by atoms with Gasteiger partial charge in [-0.05, 0) is 32.8 Å². The predicted molar refractivity (Wildman–Crippen MR) is 83.1 cm³/mol. The molecule has 114 valence electrons. The Bertz CT molecular complexity index is 725. The second kappa shape index (κ2) is 5.43. The molecule has 0 aromatic carbocycles. The second-order valence-corrected chi connectivity index (χ2v) is 8.17. The van der Waals surface area contributed by atoms with Crippen LogP contribution in [-0.2, 0) is 16.6 Å². The standard InChI is InChI=1S/C13H18N4O2S2/c1-8-9(2)20-13(16-8)17-21(18,19)12-5-11(15-7-12)6-14-10-3-4-10/h5,7,10,14-15H,3-4,6H2,1-2H3,(H,16,17). The topological polar surface area (TPSA) is 86.9 Å². The molecule has 0 unspecified atom stereocenters. The van der Waals surface area contributed by atoms with Gasteiger partial charge in [0.25, 0.3) is 10.0 Å². The Kier molecular flexibility index (Phi) is 3.76. The number of aromatic amines is 1. The van der Waals surface area contributed by atoms with Crippen LogP contribution in [0.1, 0.15) is 29.1 Å². The summed E-state index contributed by atoms with van der Waals surface area (Å²) in [5, 5.41) is 3.75. The van der Waals surface area contributed by atoms with E-state index in [9.17, 15) is 8.42 Å². The average molecular weight is 326 g/mol. The van der Waals surface area contributed by atoms with E-state index in [0.29, 0.717) is 17.7 Å². The van der Waals surface area contributed by atoms with Crippen molar-refractivity contribution in [3.05, 3.63) is 28.5 Å². The highest BCUT2D eigenvalue weighted by atomic mass is 32.2. The molecule has 0 atom stereocenters. The minimum atomic E-state index is -3.58. The quantitative estimate of drug-likeness (QED) is 0.759. The van der Waals surface area contributed by atoms with Crippen molar-refractivity contribution in [3.63, 3.8) is 0 Å². The Hall–Kier alpha value is -1.38. The lowest BCUT2D eigenvalue weighted by Gasteiger charge is -2.02. The molecule has 1 aliphatic rings. The number of aryl methyl sites for hydroxylation is 2. The van der Waals surface area contributed by atoms with Gasteiger partial charge in [0, 0.05) is 29.4 Å². The van der Waals surface area contributed by atoms with Crippen molar-refractivity contribution in [3.8, 4) is 0 Å². The third-order valence-electron chi connectivity index (χ3n) is 3.44. The highest BCUT2D eigenvalue weighted by Gasteiger charge is 2.22. The summed E-state index contributed by atoms with van der Waals surface area (Å²) in [7, 11) is -3.58. The van der Waals surface area contributed by atoms with Gasteiger partial charge in [-0.15, -0.1) is 11.3 Å². The van der Waals surface area contributed by atoms with E-state index in [1.54, 1.807) is 6.07 Å². The fourth-order valence-corrected chi connectivity index (χ4v) is 3.97. The molecule has 0 spiro atoms. The third-order valence-corrected chi connectivity index (χ3v) is 5.87. The number of hydrogen-bond acceptors (Lipinski definition) is 5. The van der Waals surface area contributed by atoms with Crippen LogP contribution in [-0.4, -0.2) is 24.4 Å². The summed E-state index contributed by atoms with van der Waals surface area (Å²) < 4.78 is 27.1. The SMILES string of the molecule is Cc1nc(NS(=O)(=O)c2c[nH]c(CNC3CC3)c2)sc1C. The number of rotatable bonds is 6. The molecule has 0 amide bonds. The molecule has 8 heteroatoms. The molecule has 0 radical (unpaired) electrons. The molecule has 6 nitrogen and oxygen atoms in total. The van der Waals surface area contributed by atoms with Crippen LogP contribution in [0.15, 0.2) is 17.2 Å². The Labute approximate surface area is 128 Å². The summed E-state index contributed by atoms with van der Waals surface area (Å²) in [6.07, 6.45) is 3.92. The number of hydrogen-bond donors (Lipinski definition) is 3. The van der Waals surface area contributed by atoms with Gasteiger partial charge in [0.05, 0.1) is 5.69 Å². The molecule has 1 fully saturated rings. The van der Waals surface area contributed by atoms with Crippen LogP contribution in [0.3, 0.4) is 0 Å². The maximum Gasteiger partial charge on any atom is 0.265 e. The first-order chi connectivity index (χ1) is 9.94. The summed E-state index contributed by atoms with van der Waals surface area (Å²) >= 11 is 1.34. The van der Waals surface area contributed by atoms with E-state index in [-0.39, 0.29) is 4.90 Å². The van der Waals surface area contributed by atoms with E-state index in [4.69, 9.17) is 0 Å². The molecule has 3 rings (SSSR count). The number of anilines is 1. The average Bonchev–Trinajstić information content (AvgIpc) is 3.01. The van der Waals surface area contributed by atoms with Crippen molar-refractivity contribution in [2.45, 2.75) is 44.2 Å². The first-order valence-corrected chi connectivity index (χ1v) is 9.11. The summed E-state index contributed by atoms with van der Waals surface area (Å²) in [6.45, 7) is 4.44. The van der Waals surface area contributed by atoms with Crippen LogP contribution in [0.25, 0.3) is 0 Å². The van der Waals surface area contributed by atoms with Gasteiger partial charge in [-0.1, -0.05) is 0 Å². The monoisotopic (exact) mass is 326 g/mol. The van der Waals surface area contributed by atoms with Crippen LogP contribution in [0.4, 0.5) is 5.13 Å². The van der Waals surface area contributed by atoms with Gasteiger partial charge in [-0.3, -0.25) is 4.72 Å². The van der Waals surface area contributed by atoms with Gasteiger partial charge in [0.2, 0.25) is 0 Å². The van der Waals surface area contributed by atoms with Crippen molar-refractivity contribution in [1.82, 2.24) is 15.3 Å². The Morgan fingerprint density at radius 2 is 2.19 bits per heavy atom. The molecular weight excluding hydrogens is 308 g/mol. The van der Waals surface area contributed by atoms with Crippen LogP contribution in [0, 0.1) is 13.8 Å². The zero-order valence-electron chi connectivity index (χ0n) is 11.9. The zero-order valence-corrected chi connectivity index (χ0v) is 13.6. The first kappa shape index (κ1) is 14.6. The van der Waals surface area contributed by atoms with Crippen LogP contribution >= 0.6 is 11.3 Å². The Morgan fingerprint density at radius 3 is 2.81 bits per heavy atom. The molecule has 2 aromatic heterocycles. The maximum absolute atomic E-state index is 12.3. The molecule has 2 aromatic rings. The summed E-state index contributed by atoms with van der Waals surface area (Å²) in [5.74, 6) is 0. The summed E-state index contributed by atoms with van der Waals surface area (Å²) in [6, 6.07) is 2.25. The molecule has 2 heterocycles. The minimum Gasteiger partial charge on any atom is -0.363 e. The van der Waals surface area contributed by atoms with Gasteiger partial charge in [0.15, 0.2) is 5.13 Å². The van der Waals surface area contributed by atoms with Gasteiger partial charge in [0.1, 0.15) is 4.90 Å². The number of aromatic nitrogens is 2. The maximum atomic E-state index is 12.3. The third kappa shape index (κ3) is 3.45.